The highest BCUT2D eigenvalue weighted by Crippen LogP contribution is 2.40. The predicted molar refractivity (Wildman–Crippen MR) is 120 cm³/mol. The van der Waals surface area contributed by atoms with E-state index >= 15 is 0 Å². The maximum absolute atomic E-state index is 10.4. The summed E-state index contributed by atoms with van der Waals surface area (Å²) in [6.07, 6.45) is 2.38. The molecule has 0 unspecified atom stereocenters. The molecular formula is C26H34O5. The van der Waals surface area contributed by atoms with Gasteiger partial charge < -0.3 is 24.8 Å². The molecule has 0 saturated carbocycles. The van der Waals surface area contributed by atoms with Crippen molar-refractivity contribution >= 4 is 0 Å². The van der Waals surface area contributed by atoms with E-state index in [0.717, 1.165) is 43.4 Å². The zero-order valence-electron chi connectivity index (χ0n) is 18.5. The Hall–Kier alpha value is -1.92. The first-order chi connectivity index (χ1) is 15.0. The Labute approximate surface area is 184 Å². The fourth-order valence-electron chi connectivity index (χ4n) is 5.22. The minimum Gasteiger partial charge on any atom is -0.494 e. The molecule has 0 amide bonds. The van der Waals surface area contributed by atoms with Gasteiger partial charge in [-0.05, 0) is 84.5 Å². The molecular weight excluding hydrogens is 392 g/mol. The topological polar surface area (TPSA) is 79.2 Å². The largest absolute Gasteiger partial charge is 0.494 e. The molecule has 0 bridgehead atoms. The molecule has 1 aliphatic heterocycles. The summed E-state index contributed by atoms with van der Waals surface area (Å²) in [5.41, 5.74) is 7.87. The number of ether oxygens (including phenoxy) is 2. The lowest BCUT2D eigenvalue weighted by Crippen LogP contribution is -2.47. The van der Waals surface area contributed by atoms with Crippen LogP contribution in [-0.4, -0.2) is 46.8 Å². The SMILES string of the molecule is CCOc1ccc(Cc2cc([C@H]3C[C@@H](O)[C@@H](O)[C@@H](CO)O3)c(CC)c3c2CCC3)cc1. The van der Waals surface area contributed by atoms with Gasteiger partial charge in [-0.15, -0.1) is 0 Å². The molecule has 2 aromatic carbocycles. The van der Waals surface area contributed by atoms with E-state index in [0.29, 0.717) is 13.0 Å². The molecule has 5 heteroatoms. The molecule has 1 aliphatic carbocycles. The highest BCUT2D eigenvalue weighted by Gasteiger charge is 2.38. The zero-order valence-corrected chi connectivity index (χ0v) is 18.5. The van der Waals surface area contributed by atoms with Gasteiger partial charge in [0, 0.05) is 6.42 Å². The molecule has 0 spiro atoms. The second kappa shape index (κ2) is 9.70. The highest BCUT2D eigenvalue weighted by atomic mass is 16.5. The van der Waals surface area contributed by atoms with Gasteiger partial charge in [0.15, 0.2) is 0 Å². The van der Waals surface area contributed by atoms with Crippen molar-refractivity contribution in [3.63, 3.8) is 0 Å². The maximum atomic E-state index is 10.4. The van der Waals surface area contributed by atoms with Crippen LogP contribution in [0.25, 0.3) is 0 Å². The Morgan fingerprint density at radius 2 is 1.81 bits per heavy atom. The van der Waals surface area contributed by atoms with Crippen molar-refractivity contribution in [1.82, 2.24) is 0 Å². The molecule has 31 heavy (non-hydrogen) atoms. The van der Waals surface area contributed by atoms with E-state index in [1.807, 2.05) is 19.1 Å². The van der Waals surface area contributed by atoms with Crippen LogP contribution in [0, 0.1) is 0 Å². The van der Waals surface area contributed by atoms with Crippen LogP contribution in [0.3, 0.4) is 0 Å². The second-order valence-corrected chi connectivity index (χ2v) is 8.66. The number of aliphatic hydroxyl groups excluding tert-OH is 3. The first-order valence-electron chi connectivity index (χ1n) is 11.6. The molecule has 1 fully saturated rings. The third-order valence-corrected chi connectivity index (χ3v) is 6.73. The average Bonchev–Trinajstić information content (AvgIpc) is 3.27. The Morgan fingerprint density at radius 1 is 1.06 bits per heavy atom. The molecule has 168 valence electrons. The van der Waals surface area contributed by atoms with E-state index < -0.39 is 18.3 Å². The Kier molecular flexibility index (Phi) is 6.97. The van der Waals surface area contributed by atoms with Crippen LogP contribution in [0.2, 0.25) is 0 Å². The summed E-state index contributed by atoms with van der Waals surface area (Å²) in [6.45, 7) is 4.51. The molecule has 1 heterocycles. The summed E-state index contributed by atoms with van der Waals surface area (Å²) >= 11 is 0. The van der Waals surface area contributed by atoms with E-state index in [2.05, 4.69) is 25.1 Å². The summed E-state index contributed by atoms with van der Waals surface area (Å²) in [6, 6.07) is 10.5. The van der Waals surface area contributed by atoms with Crippen molar-refractivity contribution in [3.05, 3.63) is 63.7 Å². The van der Waals surface area contributed by atoms with Gasteiger partial charge in [0.05, 0.1) is 25.4 Å². The second-order valence-electron chi connectivity index (χ2n) is 8.66. The van der Waals surface area contributed by atoms with Gasteiger partial charge >= 0.3 is 0 Å². The van der Waals surface area contributed by atoms with Gasteiger partial charge in [0.1, 0.15) is 18.0 Å². The van der Waals surface area contributed by atoms with Crippen molar-refractivity contribution in [2.75, 3.05) is 13.2 Å². The number of aliphatic hydroxyl groups is 3. The number of rotatable bonds is 7. The van der Waals surface area contributed by atoms with Crippen LogP contribution < -0.4 is 4.74 Å². The Bertz CT molecular complexity index is 892. The molecule has 2 aliphatic rings. The first kappa shape index (κ1) is 22.3. The lowest BCUT2D eigenvalue weighted by Gasteiger charge is -2.37. The summed E-state index contributed by atoms with van der Waals surface area (Å²) in [7, 11) is 0. The number of benzene rings is 2. The Balaban J connectivity index is 1.69. The van der Waals surface area contributed by atoms with Crippen molar-refractivity contribution < 1.29 is 24.8 Å². The van der Waals surface area contributed by atoms with Crippen molar-refractivity contribution in [2.24, 2.45) is 0 Å². The van der Waals surface area contributed by atoms with Crippen molar-refractivity contribution in [1.29, 1.82) is 0 Å². The summed E-state index contributed by atoms with van der Waals surface area (Å²) in [5, 5.41) is 30.2. The average molecular weight is 427 g/mol. The molecule has 0 radical (unpaired) electrons. The molecule has 4 atom stereocenters. The summed E-state index contributed by atoms with van der Waals surface area (Å²) in [5.74, 6) is 0.886. The smallest absolute Gasteiger partial charge is 0.119 e. The number of hydrogen-bond acceptors (Lipinski definition) is 5. The van der Waals surface area contributed by atoms with Crippen LogP contribution in [0.15, 0.2) is 30.3 Å². The van der Waals surface area contributed by atoms with Crippen LogP contribution in [0.5, 0.6) is 5.75 Å². The Morgan fingerprint density at radius 3 is 2.48 bits per heavy atom. The van der Waals surface area contributed by atoms with Crippen LogP contribution in [0.4, 0.5) is 0 Å². The quantitative estimate of drug-likeness (QED) is 0.633. The minimum atomic E-state index is -1.05. The summed E-state index contributed by atoms with van der Waals surface area (Å²) < 4.78 is 11.6. The summed E-state index contributed by atoms with van der Waals surface area (Å²) in [4.78, 5) is 0. The van der Waals surface area contributed by atoms with Crippen molar-refractivity contribution in [2.45, 2.75) is 76.8 Å². The molecule has 1 saturated heterocycles. The first-order valence-corrected chi connectivity index (χ1v) is 11.6. The zero-order chi connectivity index (χ0) is 22.0. The highest BCUT2D eigenvalue weighted by molar-refractivity contribution is 5.51. The molecule has 3 N–H and O–H groups in total. The van der Waals surface area contributed by atoms with Gasteiger partial charge in [-0.2, -0.15) is 0 Å². The molecule has 5 nitrogen and oxygen atoms in total. The van der Waals surface area contributed by atoms with Gasteiger partial charge in [-0.1, -0.05) is 25.1 Å². The third-order valence-electron chi connectivity index (χ3n) is 6.73. The van der Waals surface area contributed by atoms with Gasteiger partial charge in [-0.3, -0.25) is 0 Å². The van der Waals surface area contributed by atoms with Crippen LogP contribution >= 0.6 is 0 Å². The van der Waals surface area contributed by atoms with E-state index in [1.54, 1.807) is 0 Å². The van der Waals surface area contributed by atoms with Gasteiger partial charge in [-0.25, -0.2) is 0 Å². The molecule has 2 aromatic rings. The van der Waals surface area contributed by atoms with Crippen LogP contribution in [-0.2, 0) is 30.4 Å². The predicted octanol–water partition coefficient (Wildman–Crippen LogP) is 3.27. The fraction of sp³-hybridized carbons (Fsp3) is 0.538. The van der Waals surface area contributed by atoms with E-state index in [1.165, 1.54) is 27.8 Å². The maximum Gasteiger partial charge on any atom is 0.119 e. The van der Waals surface area contributed by atoms with E-state index in [-0.39, 0.29) is 12.7 Å². The third kappa shape index (κ3) is 4.51. The van der Waals surface area contributed by atoms with Gasteiger partial charge in [0.2, 0.25) is 0 Å². The molecule has 0 aromatic heterocycles. The van der Waals surface area contributed by atoms with Crippen molar-refractivity contribution in [3.8, 4) is 5.75 Å². The monoisotopic (exact) mass is 426 g/mol. The van der Waals surface area contributed by atoms with Crippen LogP contribution in [0.1, 0.15) is 66.2 Å². The fourth-order valence-corrected chi connectivity index (χ4v) is 5.22. The standard InChI is InChI=1S/C26H34O5/c1-3-19-21-7-5-6-20(21)17(12-16-8-10-18(11-9-16)30-4-2)13-22(19)24-14-23(28)26(29)25(15-27)31-24/h8-11,13,23-29H,3-7,12,14-15H2,1-2H3/t23-,24-,25-,26-/m1/s1. The lowest BCUT2D eigenvalue weighted by atomic mass is 9.84. The van der Waals surface area contributed by atoms with Gasteiger partial charge in [0.25, 0.3) is 0 Å². The van der Waals surface area contributed by atoms with E-state index in [4.69, 9.17) is 9.47 Å². The van der Waals surface area contributed by atoms with E-state index in [9.17, 15) is 15.3 Å². The number of hydrogen-bond donors (Lipinski definition) is 3. The number of fused-ring (bicyclic) bond motifs is 1. The minimum absolute atomic E-state index is 0.305. The normalized spacial score (nSPS) is 25.5. The lowest BCUT2D eigenvalue weighted by molar-refractivity contribution is -0.181. The molecule has 4 rings (SSSR count).